The van der Waals surface area contributed by atoms with E-state index in [0.717, 1.165) is 62.0 Å². The SMILES string of the molecule is O=C(C1CC1)N1CC[C@H](Cn2ncn(-c3ccc(-c4ccc5c(c4)NCCC5)cc3F)c2=O)C1. The van der Waals surface area contributed by atoms with Crippen molar-refractivity contribution < 1.29 is 9.18 Å². The van der Waals surface area contributed by atoms with Gasteiger partial charge in [-0.1, -0.05) is 18.2 Å². The number of amides is 1. The van der Waals surface area contributed by atoms with Crippen molar-refractivity contribution in [3.8, 4) is 16.8 Å². The second kappa shape index (κ2) is 8.42. The van der Waals surface area contributed by atoms with Crippen molar-refractivity contribution in [2.45, 2.75) is 38.6 Å². The predicted octanol–water partition coefficient (Wildman–Crippen LogP) is 3.46. The van der Waals surface area contributed by atoms with Crippen LogP contribution in [0.25, 0.3) is 16.8 Å². The Morgan fingerprint density at radius 3 is 2.76 bits per heavy atom. The lowest BCUT2D eigenvalue weighted by Crippen LogP contribution is -2.32. The number of aryl methyl sites for hydroxylation is 1. The molecule has 3 aliphatic rings. The summed E-state index contributed by atoms with van der Waals surface area (Å²) in [5.41, 5.74) is 3.92. The van der Waals surface area contributed by atoms with Crippen LogP contribution < -0.4 is 11.0 Å². The van der Waals surface area contributed by atoms with Crippen LogP contribution in [0.1, 0.15) is 31.2 Å². The lowest BCUT2D eigenvalue weighted by molar-refractivity contribution is -0.131. The van der Waals surface area contributed by atoms with Gasteiger partial charge in [0.05, 0.1) is 12.2 Å². The second-order valence-corrected chi connectivity index (χ2v) is 9.75. The third kappa shape index (κ3) is 3.91. The van der Waals surface area contributed by atoms with Gasteiger partial charge in [0.15, 0.2) is 0 Å². The number of anilines is 1. The number of rotatable bonds is 5. The van der Waals surface area contributed by atoms with Gasteiger partial charge >= 0.3 is 5.69 Å². The highest BCUT2D eigenvalue weighted by atomic mass is 19.1. The number of nitrogens with zero attached hydrogens (tertiary/aromatic N) is 4. The Morgan fingerprint density at radius 2 is 1.94 bits per heavy atom. The van der Waals surface area contributed by atoms with Gasteiger partial charge in [-0.3, -0.25) is 4.79 Å². The van der Waals surface area contributed by atoms with Crippen molar-refractivity contribution in [1.29, 1.82) is 0 Å². The number of likely N-dealkylation sites (tertiary alicyclic amines) is 1. The Labute approximate surface area is 197 Å². The number of benzene rings is 2. The normalized spacial score (nSPS) is 19.7. The smallest absolute Gasteiger partial charge is 0.350 e. The summed E-state index contributed by atoms with van der Waals surface area (Å²) >= 11 is 0. The lowest BCUT2D eigenvalue weighted by Gasteiger charge is -2.19. The summed E-state index contributed by atoms with van der Waals surface area (Å²) in [5, 5.41) is 7.64. The van der Waals surface area contributed by atoms with Crippen molar-refractivity contribution in [2.75, 3.05) is 25.0 Å². The number of fused-ring (bicyclic) bond motifs is 1. The van der Waals surface area contributed by atoms with Crippen LogP contribution in [0.3, 0.4) is 0 Å². The molecule has 1 saturated carbocycles. The fourth-order valence-corrected chi connectivity index (χ4v) is 5.16. The summed E-state index contributed by atoms with van der Waals surface area (Å²) in [4.78, 5) is 27.2. The first-order chi connectivity index (χ1) is 16.6. The maximum absolute atomic E-state index is 15.1. The fourth-order valence-electron chi connectivity index (χ4n) is 5.16. The van der Waals surface area contributed by atoms with E-state index < -0.39 is 5.82 Å². The van der Waals surface area contributed by atoms with E-state index in [4.69, 9.17) is 0 Å². The summed E-state index contributed by atoms with van der Waals surface area (Å²) < 4.78 is 17.8. The Balaban J connectivity index is 1.19. The largest absolute Gasteiger partial charge is 0.385 e. The number of carbonyl (C=O) groups excluding carboxylic acids is 1. The van der Waals surface area contributed by atoms with Crippen molar-refractivity contribution >= 4 is 11.6 Å². The average Bonchev–Trinajstić information content (AvgIpc) is 3.51. The van der Waals surface area contributed by atoms with E-state index in [2.05, 4.69) is 22.5 Å². The highest BCUT2D eigenvalue weighted by Crippen LogP contribution is 2.33. The maximum Gasteiger partial charge on any atom is 0.350 e. The van der Waals surface area contributed by atoms with Gasteiger partial charge in [0.1, 0.15) is 12.1 Å². The van der Waals surface area contributed by atoms with E-state index in [9.17, 15) is 9.59 Å². The first-order valence-electron chi connectivity index (χ1n) is 12.2. The van der Waals surface area contributed by atoms with Crippen LogP contribution in [-0.4, -0.2) is 44.8 Å². The van der Waals surface area contributed by atoms with E-state index in [1.165, 1.54) is 27.2 Å². The maximum atomic E-state index is 15.1. The molecule has 2 fully saturated rings. The monoisotopic (exact) mass is 461 g/mol. The number of nitrogens with one attached hydrogen (secondary N) is 1. The highest BCUT2D eigenvalue weighted by molar-refractivity contribution is 5.81. The van der Waals surface area contributed by atoms with Gasteiger partial charge in [-0.15, -0.1) is 0 Å². The van der Waals surface area contributed by atoms with E-state index in [1.807, 2.05) is 17.0 Å². The number of hydrogen-bond donors (Lipinski definition) is 1. The molecule has 0 bridgehead atoms. The molecule has 1 atom stereocenters. The van der Waals surface area contributed by atoms with Crippen molar-refractivity contribution in [1.82, 2.24) is 19.2 Å². The minimum atomic E-state index is -0.466. The number of carbonyl (C=O) groups is 1. The minimum absolute atomic E-state index is 0.188. The molecule has 7 nitrogen and oxygen atoms in total. The molecule has 8 heteroatoms. The summed E-state index contributed by atoms with van der Waals surface area (Å²) in [6, 6.07) is 11.1. The van der Waals surface area contributed by atoms with Gasteiger partial charge in [-0.05, 0) is 72.9 Å². The number of hydrogen-bond acceptors (Lipinski definition) is 4. The first-order valence-corrected chi connectivity index (χ1v) is 12.2. The molecule has 6 rings (SSSR count). The quantitative estimate of drug-likeness (QED) is 0.632. The van der Waals surface area contributed by atoms with E-state index in [-0.39, 0.29) is 29.1 Å². The number of halogens is 1. The second-order valence-electron chi connectivity index (χ2n) is 9.75. The topological polar surface area (TPSA) is 72.2 Å². The molecule has 3 heterocycles. The summed E-state index contributed by atoms with van der Waals surface area (Å²) in [7, 11) is 0. The highest BCUT2D eigenvalue weighted by Gasteiger charge is 2.36. The van der Waals surface area contributed by atoms with Crippen LogP contribution in [0.15, 0.2) is 47.5 Å². The molecule has 1 saturated heterocycles. The average molecular weight is 462 g/mol. The van der Waals surface area contributed by atoms with Crippen molar-refractivity contribution in [3.05, 3.63) is 64.6 Å². The third-order valence-electron chi connectivity index (χ3n) is 7.28. The fraction of sp³-hybridized carbons (Fsp3) is 0.423. The molecule has 0 spiro atoms. The zero-order valence-electron chi connectivity index (χ0n) is 19.0. The van der Waals surface area contributed by atoms with Crippen molar-refractivity contribution in [2.24, 2.45) is 11.8 Å². The molecule has 0 radical (unpaired) electrons. The van der Waals surface area contributed by atoms with Crippen LogP contribution in [0.4, 0.5) is 10.1 Å². The summed E-state index contributed by atoms with van der Waals surface area (Å²) in [6.07, 6.45) is 6.41. The zero-order valence-corrected chi connectivity index (χ0v) is 19.0. The molecule has 0 unspecified atom stereocenters. The van der Waals surface area contributed by atoms with Gasteiger partial charge in [-0.25, -0.2) is 18.4 Å². The molecule has 1 aromatic heterocycles. The van der Waals surface area contributed by atoms with Crippen LogP contribution >= 0.6 is 0 Å². The van der Waals surface area contributed by atoms with Gasteiger partial charge < -0.3 is 10.2 Å². The van der Waals surface area contributed by atoms with E-state index in [1.54, 1.807) is 6.07 Å². The third-order valence-corrected chi connectivity index (χ3v) is 7.28. The van der Waals surface area contributed by atoms with Crippen LogP contribution in [0, 0.1) is 17.7 Å². The van der Waals surface area contributed by atoms with Crippen LogP contribution in [-0.2, 0) is 17.8 Å². The molecule has 1 amide bonds. The number of aromatic nitrogens is 3. The molecule has 2 aliphatic heterocycles. The first kappa shape index (κ1) is 21.1. The molecule has 34 heavy (non-hydrogen) atoms. The van der Waals surface area contributed by atoms with Gasteiger partial charge in [0.25, 0.3) is 0 Å². The van der Waals surface area contributed by atoms with Gasteiger partial charge in [0.2, 0.25) is 5.91 Å². The molecule has 176 valence electrons. The van der Waals surface area contributed by atoms with Gasteiger partial charge in [-0.2, -0.15) is 5.10 Å². The van der Waals surface area contributed by atoms with Crippen molar-refractivity contribution in [3.63, 3.8) is 0 Å². The lowest BCUT2D eigenvalue weighted by atomic mass is 9.97. The van der Waals surface area contributed by atoms with Crippen LogP contribution in [0.5, 0.6) is 0 Å². The minimum Gasteiger partial charge on any atom is -0.385 e. The Hall–Kier alpha value is -3.42. The zero-order chi connectivity index (χ0) is 23.2. The van der Waals surface area contributed by atoms with E-state index >= 15 is 4.39 Å². The van der Waals surface area contributed by atoms with Gasteiger partial charge in [0, 0.05) is 31.2 Å². The molecule has 3 aromatic rings. The van der Waals surface area contributed by atoms with Crippen LogP contribution in [0.2, 0.25) is 0 Å². The summed E-state index contributed by atoms with van der Waals surface area (Å²) in [6.45, 7) is 2.78. The molecular formula is C26H28FN5O2. The Kier molecular flexibility index (Phi) is 5.23. The van der Waals surface area contributed by atoms with E-state index in [0.29, 0.717) is 13.1 Å². The molecule has 2 aromatic carbocycles. The molecule has 1 aliphatic carbocycles. The Morgan fingerprint density at radius 1 is 1.12 bits per heavy atom. The summed E-state index contributed by atoms with van der Waals surface area (Å²) in [5.74, 6) is 0.182. The predicted molar refractivity (Wildman–Crippen MR) is 127 cm³/mol. The molecular weight excluding hydrogens is 433 g/mol. The molecule has 1 N–H and O–H groups in total. The Bertz CT molecular complexity index is 1310. The standard InChI is InChI=1S/C26H28FN5O2/c27-22-12-20(21-6-3-18-2-1-10-28-23(18)13-21)7-8-24(22)31-16-29-32(26(31)34)15-17-9-11-30(14-17)25(33)19-4-5-19/h3,6-8,12-13,16-17,19,28H,1-2,4-5,9-11,14-15H2/t17-/m0/s1.